The lowest BCUT2D eigenvalue weighted by atomic mass is 9.60. The standard InChI is InChI=1S/C30H42O/c1-2-3-6-11-24-16-18-28(19-17-24)30(27-14-9-5-10-15-27)22-20-26(21-23-30)29(31)25-12-7-4-8-13-25/h5,9-10,14-15,20-22,24-25,28H,2-4,6-8,11-13,16-19,23H2,1H3. The van der Waals surface area contributed by atoms with Gasteiger partial charge in [0, 0.05) is 16.9 Å². The van der Waals surface area contributed by atoms with Crippen molar-refractivity contribution in [3.63, 3.8) is 0 Å². The maximum absolute atomic E-state index is 13.1. The molecule has 1 nitrogen and oxygen atoms in total. The van der Waals surface area contributed by atoms with Gasteiger partial charge in [0.2, 0.25) is 0 Å². The lowest BCUT2D eigenvalue weighted by Crippen LogP contribution is -2.37. The summed E-state index contributed by atoms with van der Waals surface area (Å²) in [5.41, 5.74) is 2.51. The highest BCUT2D eigenvalue weighted by molar-refractivity contribution is 6.00. The number of hydrogen-bond acceptors (Lipinski definition) is 1. The second kappa shape index (κ2) is 10.8. The molecular formula is C30H42O. The van der Waals surface area contributed by atoms with Gasteiger partial charge in [-0.15, -0.1) is 0 Å². The molecule has 168 valence electrons. The Labute approximate surface area is 190 Å². The quantitative estimate of drug-likeness (QED) is 0.388. The third-order valence-electron chi connectivity index (χ3n) is 8.58. The van der Waals surface area contributed by atoms with Crippen molar-refractivity contribution in [3.8, 4) is 0 Å². The number of rotatable bonds is 8. The van der Waals surface area contributed by atoms with E-state index in [4.69, 9.17) is 0 Å². The Hall–Kier alpha value is -1.63. The summed E-state index contributed by atoms with van der Waals surface area (Å²) in [7, 11) is 0. The molecule has 2 saturated carbocycles. The van der Waals surface area contributed by atoms with Gasteiger partial charge in [0.25, 0.3) is 0 Å². The van der Waals surface area contributed by atoms with E-state index in [1.807, 2.05) is 0 Å². The van der Waals surface area contributed by atoms with Gasteiger partial charge in [-0.1, -0.05) is 113 Å². The molecule has 3 aliphatic carbocycles. The molecule has 1 aromatic carbocycles. The second-order valence-corrected chi connectivity index (χ2v) is 10.5. The third-order valence-corrected chi connectivity index (χ3v) is 8.58. The minimum atomic E-state index is 0.0754. The number of hydrogen-bond donors (Lipinski definition) is 0. The minimum Gasteiger partial charge on any atom is -0.294 e. The van der Waals surface area contributed by atoms with Crippen molar-refractivity contribution in [2.75, 3.05) is 0 Å². The largest absolute Gasteiger partial charge is 0.294 e. The van der Waals surface area contributed by atoms with Crippen molar-refractivity contribution in [2.24, 2.45) is 17.8 Å². The molecule has 1 aromatic rings. The van der Waals surface area contributed by atoms with E-state index in [2.05, 4.69) is 55.5 Å². The van der Waals surface area contributed by atoms with Crippen LogP contribution in [0.15, 0.2) is 54.1 Å². The van der Waals surface area contributed by atoms with Gasteiger partial charge >= 0.3 is 0 Å². The zero-order chi connectivity index (χ0) is 21.5. The Morgan fingerprint density at radius 1 is 0.935 bits per heavy atom. The number of carbonyl (C=O) groups is 1. The Morgan fingerprint density at radius 3 is 2.32 bits per heavy atom. The van der Waals surface area contributed by atoms with Gasteiger partial charge in [-0.25, -0.2) is 0 Å². The number of benzene rings is 1. The van der Waals surface area contributed by atoms with Gasteiger partial charge in [-0.3, -0.25) is 4.79 Å². The molecule has 1 unspecified atom stereocenters. The Kier molecular flexibility index (Phi) is 7.86. The van der Waals surface area contributed by atoms with E-state index in [0.29, 0.717) is 11.7 Å². The van der Waals surface area contributed by atoms with Crippen molar-refractivity contribution in [1.82, 2.24) is 0 Å². The fourth-order valence-electron chi connectivity index (χ4n) is 6.59. The smallest absolute Gasteiger partial charge is 0.165 e. The van der Waals surface area contributed by atoms with Gasteiger partial charge in [0.1, 0.15) is 0 Å². The molecule has 31 heavy (non-hydrogen) atoms. The van der Waals surface area contributed by atoms with E-state index < -0.39 is 0 Å². The highest BCUT2D eigenvalue weighted by atomic mass is 16.1. The molecule has 0 heterocycles. The molecule has 0 saturated heterocycles. The zero-order valence-corrected chi connectivity index (χ0v) is 19.7. The maximum atomic E-state index is 13.1. The summed E-state index contributed by atoms with van der Waals surface area (Å²) in [4.78, 5) is 13.1. The molecule has 1 heteroatoms. The van der Waals surface area contributed by atoms with E-state index in [0.717, 1.165) is 30.8 Å². The second-order valence-electron chi connectivity index (χ2n) is 10.5. The van der Waals surface area contributed by atoms with Crippen molar-refractivity contribution < 1.29 is 4.79 Å². The molecule has 0 aliphatic heterocycles. The molecular weight excluding hydrogens is 376 g/mol. The predicted octanol–water partition coefficient (Wildman–Crippen LogP) is 8.35. The SMILES string of the molecule is CCCCCC1CCC(C2(c3ccccc3)C=CC(C(=O)C3CCCCC3)=CC2)CC1. The van der Waals surface area contributed by atoms with Crippen LogP contribution in [0.4, 0.5) is 0 Å². The first-order valence-electron chi connectivity index (χ1n) is 13.2. The van der Waals surface area contributed by atoms with Crippen LogP contribution in [-0.2, 0) is 10.2 Å². The molecule has 0 radical (unpaired) electrons. The van der Waals surface area contributed by atoms with Crippen LogP contribution in [0.25, 0.3) is 0 Å². The summed E-state index contributed by atoms with van der Waals surface area (Å²) in [5, 5.41) is 0. The monoisotopic (exact) mass is 418 g/mol. The molecule has 2 fully saturated rings. The van der Waals surface area contributed by atoms with Gasteiger partial charge in [0.05, 0.1) is 0 Å². The van der Waals surface area contributed by atoms with Gasteiger partial charge in [-0.05, 0) is 49.5 Å². The Morgan fingerprint density at radius 2 is 1.68 bits per heavy atom. The normalized spacial score (nSPS) is 29.5. The van der Waals surface area contributed by atoms with Crippen LogP contribution >= 0.6 is 0 Å². The van der Waals surface area contributed by atoms with Crippen molar-refractivity contribution in [3.05, 3.63) is 59.7 Å². The summed E-state index contributed by atoms with van der Waals surface area (Å²) in [5.74, 6) is 2.31. The molecule has 3 aliphatic rings. The first kappa shape index (κ1) is 22.6. The minimum absolute atomic E-state index is 0.0754. The number of carbonyl (C=O) groups excluding carboxylic acids is 1. The van der Waals surface area contributed by atoms with Crippen LogP contribution in [0.3, 0.4) is 0 Å². The summed E-state index contributed by atoms with van der Waals surface area (Å²) in [6.07, 6.45) is 24.9. The van der Waals surface area contributed by atoms with E-state index in [1.54, 1.807) is 0 Å². The van der Waals surface area contributed by atoms with E-state index in [9.17, 15) is 4.79 Å². The summed E-state index contributed by atoms with van der Waals surface area (Å²) in [6.45, 7) is 2.30. The van der Waals surface area contributed by atoms with Crippen molar-refractivity contribution >= 4 is 5.78 Å². The number of Topliss-reactive ketones (excluding diaryl/α,β-unsaturated/α-hetero) is 1. The van der Waals surface area contributed by atoms with Crippen LogP contribution in [-0.4, -0.2) is 5.78 Å². The highest BCUT2D eigenvalue weighted by Crippen LogP contribution is 2.48. The molecule has 0 spiro atoms. The first-order chi connectivity index (χ1) is 15.2. The third kappa shape index (κ3) is 5.24. The summed E-state index contributed by atoms with van der Waals surface area (Å²) >= 11 is 0. The molecule has 0 aromatic heterocycles. The first-order valence-corrected chi connectivity index (χ1v) is 13.2. The molecule has 0 N–H and O–H groups in total. The fourth-order valence-corrected chi connectivity index (χ4v) is 6.59. The van der Waals surface area contributed by atoms with E-state index in [-0.39, 0.29) is 11.3 Å². The van der Waals surface area contributed by atoms with E-state index >= 15 is 0 Å². The topological polar surface area (TPSA) is 17.1 Å². The van der Waals surface area contributed by atoms with E-state index in [1.165, 1.54) is 76.2 Å². The lowest BCUT2D eigenvalue weighted by molar-refractivity contribution is -0.119. The zero-order valence-electron chi connectivity index (χ0n) is 19.7. The lowest BCUT2D eigenvalue weighted by Gasteiger charge is -2.44. The van der Waals surface area contributed by atoms with Crippen LogP contribution < -0.4 is 0 Å². The van der Waals surface area contributed by atoms with Crippen LogP contribution in [0, 0.1) is 17.8 Å². The Balaban J connectivity index is 1.47. The summed E-state index contributed by atoms with van der Waals surface area (Å²) < 4.78 is 0. The summed E-state index contributed by atoms with van der Waals surface area (Å²) in [6, 6.07) is 11.1. The van der Waals surface area contributed by atoms with Gasteiger partial charge in [0.15, 0.2) is 5.78 Å². The average molecular weight is 419 g/mol. The van der Waals surface area contributed by atoms with Crippen molar-refractivity contribution in [2.45, 2.75) is 102 Å². The number of ketones is 1. The number of allylic oxidation sites excluding steroid dienone is 4. The molecule has 4 rings (SSSR count). The van der Waals surface area contributed by atoms with Gasteiger partial charge in [-0.2, -0.15) is 0 Å². The predicted molar refractivity (Wildman–Crippen MR) is 131 cm³/mol. The van der Waals surface area contributed by atoms with Crippen molar-refractivity contribution in [1.29, 1.82) is 0 Å². The maximum Gasteiger partial charge on any atom is 0.165 e. The molecule has 0 bridgehead atoms. The van der Waals surface area contributed by atoms with Crippen LogP contribution in [0.1, 0.15) is 102 Å². The van der Waals surface area contributed by atoms with Gasteiger partial charge < -0.3 is 0 Å². The average Bonchev–Trinajstić information content (AvgIpc) is 2.85. The Bertz CT molecular complexity index is 759. The fraction of sp³-hybridized carbons (Fsp3) is 0.633. The highest BCUT2D eigenvalue weighted by Gasteiger charge is 2.41. The van der Waals surface area contributed by atoms with Crippen LogP contribution in [0.5, 0.6) is 0 Å². The molecule has 1 atom stereocenters. The van der Waals surface area contributed by atoms with Crippen LogP contribution in [0.2, 0.25) is 0 Å². The molecule has 0 amide bonds. The number of unbranched alkanes of at least 4 members (excludes halogenated alkanes) is 2.